The summed E-state index contributed by atoms with van der Waals surface area (Å²) in [5.41, 5.74) is 15.6. The standard InChI is InChI=1S/C34H30N8O6S2/c1-47-29-15-19(11-13-25(29)39-41-27-17-31(49(37,43)44)21-7-3-5-9-23(21)33(27)35)20-12-14-26(30(16-20)48-2)40-42-28-18-32(50(38,45)46)22-8-4-6-10-24(22)34(28)36/h3-18H,35-36H2,1-2H3,(H2,37,43,44)(H2,38,45,46)/b41-39+,42-40+. The first kappa shape index (κ1) is 33.9. The van der Waals surface area contributed by atoms with Crippen LogP contribution in [0, 0.1) is 0 Å². The first-order valence-electron chi connectivity index (χ1n) is 14.7. The number of fused-ring (bicyclic) bond motifs is 2. The van der Waals surface area contributed by atoms with Crippen molar-refractivity contribution in [2.45, 2.75) is 9.79 Å². The smallest absolute Gasteiger partial charge is 0.238 e. The predicted molar refractivity (Wildman–Crippen MR) is 193 cm³/mol. The van der Waals surface area contributed by atoms with Crippen LogP contribution < -0.4 is 31.2 Å². The van der Waals surface area contributed by atoms with Gasteiger partial charge in [0.05, 0.1) is 35.4 Å². The zero-order valence-corrected chi connectivity index (χ0v) is 28.2. The zero-order chi connectivity index (χ0) is 35.8. The van der Waals surface area contributed by atoms with Gasteiger partial charge in [-0.15, -0.1) is 20.5 Å². The van der Waals surface area contributed by atoms with Crippen LogP contribution in [0.3, 0.4) is 0 Å². The van der Waals surface area contributed by atoms with Crippen molar-refractivity contribution < 1.29 is 26.3 Å². The highest BCUT2D eigenvalue weighted by Crippen LogP contribution is 2.41. The van der Waals surface area contributed by atoms with Crippen molar-refractivity contribution in [1.29, 1.82) is 0 Å². The number of benzene rings is 6. The Labute approximate surface area is 287 Å². The Bertz CT molecular complexity index is 2430. The summed E-state index contributed by atoms with van der Waals surface area (Å²) in [6, 6.07) is 26.4. The van der Waals surface area contributed by atoms with E-state index < -0.39 is 20.0 Å². The summed E-state index contributed by atoms with van der Waals surface area (Å²) in [6.45, 7) is 0. The number of nitrogen functional groups attached to an aromatic ring is 2. The molecule has 0 heterocycles. The summed E-state index contributed by atoms with van der Waals surface area (Å²) in [5, 5.41) is 29.7. The summed E-state index contributed by atoms with van der Waals surface area (Å²) in [4.78, 5) is -0.242. The molecule has 0 aliphatic heterocycles. The van der Waals surface area contributed by atoms with Crippen LogP contribution in [0.5, 0.6) is 11.5 Å². The molecule has 0 aromatic heterocycles. The van der Waals surface area contributed by atoms with Crippen molar-refractivity contribution in [1.82, 2.24) is 0 Å². The third-order valence-corrected chi connectivity index (χ3v) is 9.79. The van der Waals surface area contributed by atoms with Gasteiger partial charge in [0, 0.05) is 21.5 Å². The quantitative estimate of drug-likeness (QED) is 0.0900. The van der Waals surface area contributed by atoms with Gasteiger partial charge in [-0.3, -0.25) is 0 Å². The molecule has 6 aromatic carbocycles. The van der Waals surface area contributed by atoms with Gasteiger partial charge in [0.2, 0.25) is 20.0 Å². The molecule has 0 aliphatic carbocycles. The number of sulfonamides is 2. The molecule has 0 unspecified atom stereocenters. The lowest BCUT2D eigenvalue weighted by molar-refractivity contribution is 0.415. The van der Waals surface area contributed by atoms with Crippen LogP contribution in [-0.2, 0) is 20.0 Å². The van der Waals surface area contributed by atoms with Gasteiger partial charge in [0.1, 0.15) is 34.2 Å². The maximum atomic E-state index is 12.3. The van der Waals surface area contributed by atoms with Crippen LogP contribution in [0.1, 0.15) is 0 Å². The van der Waals surface area contributed by atoms with E-state index in [9.17, 15) is 16.8 Å². The van der Waals surface area contributed by atoms with Crippen molar-refractivity contribution >= 4 is 75.7 Å². The maximum absolute atomic E-state index is 12.3. The fourth-order valence-corrected chi connectivity index (χ4v) is 6.95. The molecule has 6 aromatic rings. The van der Waals surface area contributed by atoms with Gasteiger partial charge in [0.25, 0.3) is 0 Å². The normalized spacial score (nSPS) is 12.3. The Kier molecular flexibility index (Phi) is 8.94. The van der Waals surface area contributed by atoms with E-state index in [2.05, 4.69) is 20.5 Å². The number of anilines is 2. The van der Waals surface area contributed by atoms with Gasteiger partial charge < -0.3 is 20.9 Å². The number of ether oxygens (including phenoxy) is 2. The van der Waals surface area contributed by atoms with E-state index in [1.165, 1.54) is 26.4 Å². The maximum Gasteiger partial charge on any atom is 0.238 e. The minimum Gasteiger partial charge on any atom is -0.494 e. The van der Waals surface area contributed by atoms with E-state index in [0.29, 0.717) is 44.4 Å². The molecule has 0 aliphatic rings. The molecule has 0 bridgehead atoms. The molecule has 8 N–H and O–H groups in total. The van der Waals surface area contributed by atoms with E-state index >= 15 is 0 Å². The molecule has 0 spiro atoms. The molecular formula is C34H30N8O6S2. The van der Waals surface area contributed by atoms with Gasteiger partial charge in [0.15, 0.2) is 0 Å². The Morgan fingerprint density at radius 3 is 1.16 bits per heavy atom. The van der Waals surface area contributed by atoms with Gasteiger partial charge >= 0.3 is 0 Å². The molecular weight excluding hydrogens is 681 g/mol. The number of methoxy groups -OCH3 is 2. The fraction of sp³-hybridized carbons (Fsp3) is 0.0588. The molecule has 0 atom stereocenters. The fourth-order valence-electron chi connectivity index (χ4n) is 5.43. The lowest BCUT2D eigenvalue weighted by Gasteiger charge is -2.11. The summed E-state index contributed by atoms with van der Waals surface area (Å²) in [7, 11) is -5.21. The first-order chi connectivity index (χ1) is 23.8. The van der Waals surface area contributed by atoms with Crippen LogP contribution >= 0.6 is 0 Å². The SMILES string of the molecule is COc1cc(-c2ccc(/N=N/c3cc(S(N)(=O)=O)c4ccccc4c3N)c(OC)c2)ccc1/N=N/c1cc(S(N)(=O)=O)c2ccccc2c1N. The number of nitrogens with two attached hydrogens (primary N) is 4. The minimum atomic E-state index is -4.08. The lowest BCUT2D eigenvalue weighted by Crippen LogP contribution is -2.13. The molecule has 0 radical (unpaired) electrons. The van der Waals surface area contributed by atoms with Crippen molar-refractivity contribution in [3.63, 3.8) is 0 Å². The third-order valence-electron chi connectivity index (χ3n) is 7.89. The van der Waals surface area contributed by atoms with Crippen LogP contribution in [0.2, 0.25) is 0 Å². The van der Waals surface area contributed by atoms with Crippen LogP contribution in [0.25, 0.3) is 32.7 Å². The van der Waals surface area contributed by atoms with Crippen LogP contribution in [0.15, 0.2) is 127 Å². The summed E-state index contributed by atoms with van der Waals surface area (Å²) >= 11 is 0. The van der Waals surface area contributed by atoms with Crippen molar-refractivity contribution in [2.24, 2.45) is 30.7 Å². The van der Waals surface area contributed by atoms with Gasteiger partial charge in [-0.2, -0.15) is 0 Å². The van der Waals surface area contributed by atoms with Crippen molar-refractivity contribution in [3.05, 3.63) is 97.1 Å². The Balaban J connectivity index is 1.32. The number of hydrogen-bond donors (Lipinski definition) is 4. The largest absolute Gasteiger partial charge is 0.494 e. The molecule has 14 nitrogen and oxygen atoms in total. The Hall–Kier alpha value is -5.94. The minimum absolute atomic E-state index is 0.121. The van der Waals surface area contributed by atoms with E-state index in [4.69, 9.17) is 31.2 Å². The van der Waals surface area contributed by atoms with E-state index in [1.54, 1.807) is 84.9 Å². The van der Waals surface area contributed by atoms with Crippen LogP contribution in [0.4, 0.5) is 34.1 Å². The molecule has 254 valence electrons. The van der Waals surface area contributed by atoms with E-state index in [-0.39, 0.29) is 32.5 Å². The van der Waals surface area contributed by atoms with E-state index in [1.807, 2.05) is 0 Å². The van der Waals surface area contributed by atoms with Gasteiger partial charge in [-0.1, -0.05) is 60.7 Å². The summed E-state index contributed by atoms with van der Waals surface area (Å²) < 4.78 is 60.5. The average molecular weight is 711 g/mol. The summed E-state index contributed by atoms with van der Waals surface area (Å²) in [6.07, 6.45) is 0. The van der Waals surface area contributed by atoms with Gasteiger partial charge in [-0.05, 0) is 47.5 Å². The molecule has 16 heteroatoms. The topological polar surface area (TPSA) is 240 Å². The van der Waals surface area contributed by atoms with Crippen LogP contribution in [-0.4, -0.2) is 31.1 Å². The van der Waals surface area contributed by atoms with Crippen molar-refractivity contribution in [3.8, 4) is 22.6 Å². The highest BCUT2D eigenvalue weighted by Gasteiger charge is 2.19. The summed E-state index contributed by atoms with van der Waals surface area (Å²) in [5.74, 6) is 0.745. The number of rotatable bonds is 9. The molecule has 0 fully saturated rings. The molecule has 0 amide bonds. The molecule has 0 saturated carbocycles. The highest BCUT2D eigenvalue weighted by atomic mass is 32.2. The highest BCUT2D eigenvalue weighted by molar-refractivity contribution is 7.89. The molecule has 50 heavy (non-hydrogen) atoms. The third kappa shape index (κ3) is 6.55. The lowest BCUT2D eigenvalue weighted by atomic mass is 10.0. The number of nitrogens with zero attached hydrogens (tertiary/aromatic N) is 4. The van der Waals surface area contributed by atoms with Crippen molar-refractivity contribution in [2.75, 3.05) is 25.7 Å². The van der Waals surface area contributed by atoms with E-state index in [0.717, 1.165) is 11.1 Å². The molecule has 6 rings (SSSR count). The Morgan fingerprint density at radius 1 is 0.480 bits per heavy atom. The number of azo groups is 2. The predicted octanol–water partition coefficient (Wildman–Crippen LogP) is 6.97. The monoisotopic (exact) mass is 710 g/mol. The first-order valence-corrected chi connectivity index (χ1v) is 17.8. The number of hydrogen-bond acceptors (Lipinski definition) is 12. The second-order valence-corrected chi connectivity index (χ2v) is 14.0. The average Bonchev–Trinajstić information content (AvgIpc) is 3.10. The zero-order valence-electron chi connectivity index (χ0n) is 26.6. The number of primary sulfonamides is 2. The van der Waals surface area contributed by atoms with Gasteiger partial charge in [-0.25, -0.2) is 27.1 Å². The second kappa shape index (κ2) is 13.2. The Morgan fingerprint density at radius 2 is 0.820 bits per heavy atom. The molecule has 0 saturated heterocycles. The second-order valence-electron chi connectivity index (χ2n) is 11.0.